The summed E-state index contributed by atoms with van der Waals surface area (Å²) >= 11 is 3.63. The van der Waals surface area contributed by atoms with Gasteiger partial charge in [0.15, 0.2) is 0 Å². The third kappa shape index (κ3) is 1.17. The van der Waals surface area contributed by atoms with Crippen molar-refractivity contribution >= 4 is 21.8 Å². The van der Waals surface area contributed by atoms with Crippen LogP contribution in [-0.2, 0) is 4.79 Å². The van der Waals surface area contributed by atoms with Crippen LogP contribution in [0.25, 0.3) is 0 Å². The van der Waals surface area contributed by atoms with Crippen LogP contribution in [0.4, 0.5) is 0 Å². The van der Waals surface area contributed by atoms with Crippen molar-refractivity contribution in [2.75, 3.05) is 20.1 Å². The smallest absolute Gasteiger partial charge is 0.239 e. The minimum absolute atomic E-state index is 0.0770. The number of alkyl halides is 1. The zero-order valence-electron chi connectivity index (χ0n) is 7.09. The highest BCUT2D eigenvalue weighted by Crippen LogP contribution is 2.30. The molecule has 3 atom stereocenters. The maximum atomic E-state index is 11.6. The second-order valence-corrected chi connectivity index (χ2v) is 4.80. The summed E-state index contributed by atoms with van der Waals surface area (Å²) in [6.07, 6.45) is 1.13. The van der Waals surface area contributed by atoms with E-state index in [4.69, 9.17) is 0 Å². The highest BCUT2D eigenvalue weighted by Gasteiger charge is 2.42. The van der Waals surface area contributed by atoms with Crippen molar-refractivity contribution in [3.8, 4) is 0 Å². The summed E-state index contributed by atoms with van der Waals surface area (Å²) in [4.78, 5) is 13.9. The first kappa shape index (κ1) is 8.51. The van der Waals surface area contributed by atoms with Gasteiger partial charge in [-0.1, -0.05) is 15.9 Å². The summed E-state index contributed by atoms with van der Waals surface area (Å²) in [6, 6.07) is 0.0770. The zero-order chi connectivity index (χ0) is 8.72. The SMILES string of the molecule is CN1CC(Br)C2CCNC2C1=O. The summed E-state index contributed by atoms with van der Waals surface area (Å²) in [5.41, 5.74) is 0. The highest BCUT2D eigenvalue weighted by atomic mass is 79.9. The third-order valence-corrected chi connectivity index (χ3v) is 3.79. The predicted molar refractivity (Wildman–Crippen MR) is 50.2 cm³/mol. The van der Waals surface area contributed by atoms with Crippen molar-refractivity contribution in [1.82, 2.24) is 10.2 Å². The van der Waals surface area contributed by atoms with E-state index in [-0.39, 0.29) is 11.9 Å². The third-order valence-electron chi connectivity index (χ3n) is 2.83. The summed E-state index contributed by atoms with van der Waals surface area (Å²) < 4.78 is 0. The molecular weight excluding hydrogens is 220 g/mol. The number of likely N-dealkylation sites (N-methyl/N-ethyl adjacent to an activating group) is 1. The van der Waals surface area contributed by atoms with Crippen molar-refractivity contribution in [2.45, 2.75) is 17.3 Å². The molecule has 0 spiro atoms. The standard InChI is InChI=1S/C8H13BrN2O/c1-11-4-6(9)5-2-3-10-7(5)8(11)12/h5-7,10H,2-4H2,1H3. The lowest BCUT2D eigenvalue weighted by Gasteiger charge is -2.35. The van der Waals surface area contributed by atoms with Crippen LogP contribution >= 0.6 is 15.9 Å². The first-order valence-electron chi connectivity index (χ1n) is 4.32. The van der Waals surface area contributed by atoms with Crippen LogP contribution in [0.5, 0.6) is 0 Å². The number of carbonyl (C=O) groups is 1. The van der Waals surface area contributed by atoms with Gasteiger partial charge in [0, 0.05) is 18.4 Å². The van der Waals surface area contributed by atoms with Gasteiger partial charge in [-0.3, -0.25) is 4.79 Å². The lowest BCUT2D eigenvalue weighted by Crippen LogP contribution is -2.54. The van der Waals surface area contributed by atoms with Crippen LogP contribution < -0.4 is 5.32 Å². The van der Waals surface area contributed by atoms with E-state index >= 15 is 0 Å². The lowest BCUT2D eigenvalue weighted by atomic mass is 9.92. The molecule has 3 unspecified atom stereocenters. The quantitative estimate of drug-likeness (QED) is 0.606. The lowest BCUT2D eigenvalue weighted by molar-refractivity contribution is -0.135. The summed E-state index contributed by atoms with van der Waals surface area (Å²) in [6.45, 7) is 1.83. The van der Waals surface area contributed by atoms with Crippen molar-refractivity contribution in [3.05, 3.63) is 0 Å². The second-order valence-electron chi connectivity index (χ2n) is 3.62. The van der Waals surface area contributed by atoms with Crippen molar-refractivity contribution in [3.63, 3.8) is 0 Å². The molecule has 2 aliphatic rings. The number of nitrogens with zero attached hydrogens (tertiary/aromatic N) is 1. The Morgan fingerprint density at radius 2 is 2.42 bits per heavy atom. The molecule has 0 aromatic rings. The molecule has 12 heavy (non-hydrogen) atoms. The summed E-state index contributed by atoms with van der Waals surface area (Å²) in [5, 5.41) is 3.25. The van der Waals surface area contributed by atoms with Gasteiger partial charge in [0.05, 0.1) is 6.04 Å². The number of fused-ring (bicyclic) bond motifs is 1. The molecule has 2 aliphatic heterocycles. The van der Waals surface area contributed by atoms with Gasteiger partial charge in [-0.2, -0.15) is 0 Å². The molecule has 0 radical (unpaired) electrons. The number of hydrogen-bond acceptors (Lipinski definition) is 2. The first-order valence-corrected chi connectivity index (χ1v) is 5.24. The van der Waals surface area contributed by atoms with E-state index in [9.17, 15) is 4.79 Å². The van der Waals surface area contributed by atoms with Crippen molar-refractivity contribution in [2.24, 2.45) is 5.92 Å². The molecule has 68 valence electrons. The van der Waals surface area contributed by atoms with E-state index in [2.05, 4.69) is 21.2 Å². The predicted octanol–water partition coefficient (Wildman–Crippen LogP) is 0.200. The number of nitrogens with one attached hydrogen (secondary N) is 1. The fourth-order valence-electron chi connectivity index (χ4n) is 2.11. The molecule has 1 N–H and O–H groups in total. The molecule has 0 saturated carbocycles. The summed E-state index contributed by atoms with van der Waals surface area (Å²) in [7, 11) is 1.87. The largest absolute Gasteiger partial charge is 0.343 e. The van der Waals surface area contributed by atoms with Gasteiger partial charge in [-0.05, 0) is 18.9 Å². The Hall–Kier alpha value is -0.0900. The van der Waals surface area contributed by atoms with Gasteiger partial charge >= 0.3 is 0 Å². The number of piperidine rings is 1. The number of likely N-dealkylation sites (tertiary alicyclic amines) is 1. The van der Waals surface area contributed by atoms with E-state index < -0.39 is 0 Å². The highest BCUT2D eigenvalue weighted by molar-refractivity contribution is 9.09. The average Bonchev–Trinajstić information content (AvgIpc) is 2.48. The minimum atomic E-state index is 0.0770. The van der Waals surface area contributed by atoms with E-state index in [1.807, 2.05) is 7.05 Å². The molecule has 0 aliphatic carbocycles. The van der Waals surface area contributed by atoms with E-state index in [0.29, 0.717) is 10.7 Å². The second kappa shape index (κ2) is 3.00. The van der Waals surface area contributed by atoms with Gasteiger partial charge in [-0.15, -0.1) is 0 Å². The first-order chi connectivity index (χ1) is 5.70. The van der Waals surface area contributed by atoms with E-state index in [0.717, 1.165) is 19.5 Å². The van der Waals surface area contributed by atoms with Gasteiger partial charge in [-0.25, -0.2) is 0 Å². The monoisotopic (exact) mass is 232 g/mol. The number of amides is 1. The molecule has 2 heterocycles. The topological polar surface area (TPSA) is 32.3 Å². The van der Waals surface area contributed by atoms with Gasteiger partial charge in [0.1, 0.15) is 0 Å². The summed E-state index contributed by atoms with van der Waals surface area (Å²) in [5.74, 6) is 0.766. The van der Waals surface area contributed by atoms with Crippen LogP contribution in [0.3, 0.4) is 0 Å². The van der Waals surface area contributed by atoms with Crippen LogP contribution in [0.15, 0.2) is 0 Å². The molecule has 2 saturated heterocycles. The van der Waals surface area contributed by atoms with E-state index in [1.54, 1.807) is 4.90 Å². The number of hydrogen-bond donors (Lipinski definition) is 1. The Balaban J connectivity index is 2.17. The molecule has 0 aromatic carbocycles. The van der Waals surface area contributed by atoms with Crippen LogP contribution in [0.2, 0.25) is 0 Å². The van der Waals surface area contributed by atoms with Gasteiger partial charge in [0.2, 0.25) is 5.91 Å². The fraction of sp³-hybridized carbons (Fsp3) is 0.875. The Kier molecular flexibility index (Phi) is 2.12. The van der Waals surface area contributed by atoms with Gasteiger partial charge in [0.25, 0.3) is 0 Å². The average molecular weight is 233 g/mol. The Morgan fingerprint density at radius 1 is 1.67 bits per heavy atom. The van der Waals surface area contributed by atoms with Crippen LogP contribution in [-0.4, -0.2) is 41.8 Å². The number of carbonyl (C=O) groups excluding carboxylic acids is 1. The molecule has 2 fully saturated rings. The van der Waals surface area contributed by atoms with Crippen molar-refractivity contribution in [1.29, 1.82) is 0 Å². The Morgan fingerprint density at radius 3 is 3.17 bits per heavy atom. The maximum Gasteiger partial charge on any atom is 0.239 e. The Bertz CT molecular complexity index is 209. The zero-order valence-corrected chi connectivity index (χ0v) is 8.67. The van der Waals surface area contributed by atoms with E-state index in [1.165, 1.54) is 0 Å². The number of rotatable bonds is 0. The van der Waals surface area contributed by atoms with Gasteiger partial charge < -0.3 is 10.2 Å². The molecular formula is C8H13BrN2O. The molecule has 4 heteroatoms. The fourth-order valence-corrected chi connectivity index (χ4v) is 3.11. The maximum absolute atomic E-state index is 11.6. The number of halogens is 1. The molecule has 0 aromatic heterocycles. The molecule has 3 nitrogen and oxygen atoms in total. The van der Waals surface area contributed by atoms with Crippen molar-refractivity contribution < 1.29 is 4.79 Å². The van der Waals surface area contributed by atoms with Crippen LogP contribution in [0.1, 0.15) is 6.42 Å². The Labute approximate surface area is 80.6 Å². The van der Waals surface area contributed by atoms with Crippen LogP contribution in [0, 0.1) is 5.92 Å². The molecule has 1 amide bonds. The molecule has 2 rings (SSSR count). The molecule has 0 bridgehead atoms. The minimum Gasteiger partial charge on any atom is -0.343 e. The normalized spacial score (nSPS) is 41.7.